The van der Waals surface area contributed by atoms with Gasteiger partial charge in [0.2, 0.25) is 10.0 Å². The lowest BCUT2D eigenvalue weighted by Gasteiger charge is -2.41. The van der Waals surface area contributed by atoms with Crippen molar-refractivity contribution < 1.29 is 27.8 Å². The van der Waals surface area contributed by atoms with Gasteiger partial charge in [-0.05, 0) is 32.4 Å². The van der Waals surface area contributed by atoms with E-state index in [2.05, 4.69) is 4.72 Å². The number of benzene rings is 1. The third-order valence-electron chi connectivity index (χ3n) is 3.50. The first-order valence-corrected chi connectivity index (χ1v) is 8.79. The molecular formula is C15H21NO6S. The van der Waals surface area contributed by atoms with Crippen molar-refractivity contribution in [3.05, 3.63) is 30.3 Å². The van der Waals surface area contributed by atoms with Gasteiger partial charge in [-0.2, -0.15) is 0 Å². The largest absolute Gasteiger partial charge is 0.481 e. The standard InChI is InChI=1S/C15H21NO6S/c1-15(2)21-10-12(13(22-15)8-9-14(17)18)16-23(19,20)11-6-4-3-5-7-11/h3-7,12-13,16H,8-10H2,1-2H3,(H,17,18)/t12-,13-/m1/s1. The molecule has 0 aliphatic carbocycles. The van der Waals surface area contributed by atoms with Crippen molar-refractivity contribution in [2.75, 3.05) is 6.61 Å². The monoisotopic (exact) mass is 343 g/mol. The number of carboxylic acids is 1. The minimum absolute atomic E-state index is 0.107. The highest BCUT2D eigenvalue weighted by molar-refractivity contribution is 7.89. The molecule has 0 spiro atoms. The summed E-state index contributed by atoms with van der Waals surface area (Å²) in [5, 5.41) is 8.85. The van der Waals surface area contributed by atoms with Crippen LogP contribution in [0.5, 0.6) is 0 Å². The molecule has 1 fully saturated rings. The van der Waals surface area contributed by atoms with E-state index in [4.69, 9.17) is 14.6 Å². The molecule has 0 bridgehead atoms. The summed E-state index contributed by atoms with van der Waals surface area (Å²) >= 11 is 0. The molecule has 0 radical (unpaired) electrons. The third-order valence-corrected chi connectivity index (χ3v) is 5.00. The molecule has 0 unspecified atom stereocenters. The van der Waals surface area contributed by atoms with Gasteiger partial charge in [-0.1, -0.05) is 18.2 Å². The number of ether oxygens (including phenoxy) is 2. The number of sulfonamides is 1. The van der Waals surface area contributed by atoms with Gasteiger partial charge in [0.15, 0.2) is 5.79 Å². The van der Waals surface area contributed by atoms with E-state index in [1.54, 1.807) is 32.0 Å². The molecule has 128 valence electrons. The van der Waals surface area contributed by atoms with Crippen LogP contribution in [0.25, 0.3) is 0 Å². The van der Waals surface area contributed by atoms with Gasteiger partial charge in [0.1, 0.15) is 0 Å². The number of nitrogens with one attached hydrogen (secondary N) is 1. The maximum Gasteiger partial charge on any atom is 0.303 e. The van der Waals surface area contributed by atoms with Crippen LogP contribution in [0.3, 0.4) is 0 Å². The Morgan fingerprint density at radius 3 is 2.61 bits per heavy atom. The zero-order valence-electron chi connectivity index (χ0n) is 13.1. The van der Waals surface area contributed by atoms with E-state index < -0.39 is 33.9 Å². The second kappa shape index (κ2) is 6.96. The fourth-order valence-electron chi connectivity index (χ4n) is 2.38. The van der Waals surface area contributed by atoms with E-state index in [1.807, 2.05) is 0 Å². The van der Waals surface area contributed by atoms with Crippen molar-refractivity contribution >= 4 is 16.0 Å². The maximum absolute atomic E-state index is 12.4. The Morgan fingerprint density at radius 2 is 2.00 bits per heavy atom. The van der Waals surface area contributed by atoms with E-state index in [-0.39, 0.29) is 24.3 Å². The minimum Gasteiger partial charge on any atom is -0.481 e. The zero-order valence-corrected chi connectivity index (χ0v) is 13.9. The normalized spacial score (nSPS) is 24.3. The summed E-state index contributed by atoms with van der Waals surface area (Å²) in [6.07, 6.45) is -0.484. The molecule has 1 aliphatic rings. The van der Waals surface area contributed by atoms with Crippen LogP contribution < -0.4 is 4.72 Å². The Bertz CT molecular complexity index is 643. The van der Waals surface area contributed by atoms with Gasteiger partial charge in [0.25, 0.3) is 0 Å². The van der Waals surface area contributed by atoms with Crippen molar-refractivity contribution in [2.24, 2.45) is 0 Å². The quantitative estimate of drug-likeness (QED) is 0.808. The average Bonchev–Trinajstić information content (AvgIpc) is 2.48. The van der Waals surface area contributed by atoms with Crippen molar-refractivity contribution in [1.82, 2.24) is 4.72 Å². The first-order chi connectivity index (χ1) is 10.7. The van der Waals surface area contributed by atoms with Crippen LogP contribution in [-0.4, -0.2) is 44.0 Å². The van der Waals surface area contributed by atoms with Crippen LogP contribution in [0.2, 0.25) is 0 Å². The van der Waals surface area contributed by atoms with Gasteiger partial charge in [-0.15, -0.1) is 0 Å². The Hall–Kier alpha value is -1.48. The van der Waals surface area contributed by atoms with Gasteiger partial charge >= 0.3 is 5.97 Å². The molecule has 0 aromatic heterocycles. The Balaban J connectivity index is 2.13. The molecule has 2 N–H and O–H groups in total. The van der Waals surface area contributed by atoms with E-state index in [9.17, 15) is 13.2 Å². The number of aliphatic carboxylic acids is 1. The van der Waals surface area contributed by atoms with Gasteiger partial charge in [-0.3, -0.25) is 4.79 Å². The summed E-state index contributed by atoms with van der Waals surface area (Å²) < 4.78 is 38.6. The lowest BCUT2D eigenvalue weighted by Crippen LogP contribution is -2.55. The van der Waals surface area contributed by atoms with Crippen molar-refractivity contribution in [1.29, 1.82) is 0 Å². The van der Waals surface area contributed by atoms with E-state index >= 15 is 0 Å². The van der Waals surface area contributed by atoms with Crippen molar-refractivity contribution in [3.63, 3.8) is 0 Å². The van der Waals surface area contributed by atoms with Crippen molar-refractivity contribution in [2.45, 2.75) is 49.5 Å². The highest BCUT2D eigenvalue weighted by Gasteiger charge is 2.38. The number of rotatable bonds is 6. The van der Waals surface area contributed by atoms with Gasteiger partial charge in [0, 0.05) is 6.42 Å². The summed E-state index contributed by atoms with van der Waals surface area (Å²) in [4.78, 5) is 10.9. The molecule has 8 heteroatoms. The number of hydrogen-bond donors (Lipinski definition) is 2. The summed E-state index contributed by atoms with van der Waals surface area (Å²) in [6, 6.07) is 7.32. The first kappa shape index (κ1) is 17.9. The summed E-state index contributed by atoms with van der Waals surface area (Å²) in [6.45, 7) is 3.54. The Kier molecular flexibility index (Phi) is 5.41. The van der Waals surface area contributed by atoms with Crippen LogP contribution in [-0.2, 0) is 24.3 Å². The maximum atomic E-state index is 12.4. The van der Waals surface area contributed by atoms with Gasteiger partial charge < -0.3 is 14.6 Å². The highest BCUT2D eigenvalue weighted by atomic mass is 32.2. The summed E-state index contributed by atoms with van der Waals surface area (Å²) in [5.41, 5.74) is 0. The number of hydrogen-bond acceptors (Lipinski definition) is 5. The predicted molar refractivity (Wildman–Crippen MR) is 82.3 cm³/mol. The van der Waals surface area contributed by atoms with Crippen LogP contribution in [0.4, 0.5) is 0 Å². The lowest BCUT2D eigenvalue weighted by molar-refractivity contribution is -0.281. The Labute approximate surface area is 135 Å². The fourth-order valence-corrected chi connectivity index (χ4v) is 3.65. The summed E-state index contributed by atoms with van der Waals surface area (Å²) in [7, 11) is -3.73. The number of carboxylic acid groups (broad SMARTS) is 1. The first-order valence-electron chi connectivity index (χ1n) is 7.30. The molecular weight excluding hydrogens is 322 g/mol. The molecule has 1 heterocycles. The van der Waals surface area contributed by atoms with Crippen LogP contribution in [0, 0.1) is 0 Å². The van der Waals surface area contributed by atoms with Gasteiger partial charge in [-0.25, -0.2) is 13.1 Å². The Morgan fingerprint density at radius 1 is 1.35 bits per heavy atom. The molecule has 23 heavy (non-hydrogen) atoms. The van der Waals surface area contributed by atoms with Crippen LogP contribution >= 0.6 is 0 Å². The topological polar surface area (TPSA) is 102 Å². The second-order valence-electron chi connectivity index (χ2n) is 5.84. The minimum atomic E-state index is -3.73. The molecule has 1 aliphatic heterocycles. The van der Waals surface area contributed by atoms with E-state index in [1.165, 1.54) is 12.1 Å². The molecule has 1 aromatic carbocycles. The summed E-state index contributed by atoms with van der Waals surface area (Å²) in [5.74, 6) is -1.83. The molecule has 7 nitrogen and oxygen atoms in total. The van der Waals surface area contributed by atoms with Crippen molar-refractivity contribution in [3.8, 4) is 0 Å². The zero-order chi connectivity index (χ0) is 17.1. The van der Waals surface area contributed by atoms with Crippen LogP contribution in [0.15, 0.2) is 35.2 Å². The molecule has 0 saturated carbocycles. The lowest BCUT2D eigenvalue weighted by atomic mass is 10.1. The number of carbonyl (C=O) groups is 1. The van der Waals surface area contributed by atoms with Gasteiger partial charge in [0.05, 0.1) is 23.6 Å². The second-order valence-corrected chi connectivity index (χ2v) is 7.55. The molecule has 2 atom stereocenters. The molecule has 0 amide bonds. The average molecular weight is 343 g/mol. The predicted octanol–water partition coefficient (Wildman–Crippen LogP) is 1.35. The third kappa shape index (κ3) is 5.00. The SMILES string of the molecule is CC1(C)OC[C@@H](NS(=O)(=O)c2ccccc2)[C@@H](CCC(=O)O)O1. The molecule has 1 aromatic rings. The van der Waals surface area contributed by atoms with E-state index in [0.29, 0.717) is 0 Å². The van der Waals surface area contributed by atoms with Crippen LogP contribution in [0.1, 0.15) is 26.7 Å². The highest BCUT2D eigenvalue weighted by Crippen LogP contribution is 2.26. The smallest absolute Gasteiger partial charge is 0.303 e. The molecule has 1 saturated heterocycles. The van der Waals surface area contributed by atoms with E-state index in [0.717, 1.165) is 0 Å². The molecule has 2 rings (SSSR count). The fraction of sp³-hybridized carbons (Fsp3) is 0.533.